The van der Waals surface area contributed by atoms with E-state index in [9.17, 15) is 4.79 Å². The first kappa shape index (κ1) is 11.7. The van der Waals surface area contributed by atoms with Gasteiger partial charge in [-0.1, -0.05) is 25.7 Å². The van der Waals surface area contributed by atoms with Crippen molar-refractivity contribution in [2.75, 3.05) is 0 Å². The molecule has 0 aromatic heterocycles. The van der Waals surface area contributed by atoms with Crippen molar-refractivity contribution in [2.45, 2.75) is 38.5 Å². The van der Waals surface area contributed by atoms with Gasteiger partial charge in [0.05, 0.1) is 0 Å². The third-order valence-electron chi connectivity index (χ3n) is 2.24. The standard InChI is InChI=1S/C8H14O2.Ca/c9-8(10)6-5-7-3-1-2-4-7;/h7H,1-6H2,(H,9,10);/q;+2. The molecule has 1 aliphatic carbocycles. The quantitative estimate of drug-likeness (QED) is 0.674. The van der Waals surface area contributed by atoms with E-state index in [1.54, 1.807) is 0 Å². The van der Waals surface area contributed by atoms with Gasteiger partial charge in [0.2, 0.25) is 0 Å². The van der Waals surface area contributed by atoms with Gasteiger partial charge in [-0.25, -0.2) is 0 Å². The molecule has 0 atom stereocenters. The maximum Gasteiger partial charge on any atom is 2.00 e. The molecule has 1 saturated carbocycles. The van der Waals surface area contributed by atoms with E-state index in [4.69, 9.17) is 5.11 Å². The van der Waals surface area contributed by atoms with E-state index in [1.807, 2.05) is 0 Å². The summed E-state index contributed by atoms with van der Waals surface area (Å²) < 4.78 is 0. The van der Waals surface area contributed by atoms with E-state index in [1.165, 1.54) is 25.7 Å². The Labute approximate surface area is 97.4 Å². The largest absolute Gasteiger partial charge is 2.00 e. The monoisotopic (exact) mass is 182 g/mol. The van der Waals surface area contributed by atoms with Crippen molar-refractivity contribution in [3.05, 3.63) is 0 Å². The second-order valence-corrected chi connectivity index (χ2v) is 3.08. The minimum Gasteiger partial charge on any atom is -0.481 e. The molecule has 3 heteroatoms. The molecule has 0 unspecified atom stereocenters. The Morgan fingerprint density at radius 2 is 1.91 bits per heavy atom. The topological polar surface area (TPSA) is 37.3 Å². The number of carbonyl (C=O) groups is 1. The van der Waals surface area contributed by atoms with Crippen molar-refractivity contribution in [3.63, 3.8) is 0 Å². The molecule has 1 N–H and O–H groups in total. The number of carboxylic acid groups (broad SMARTS) is 1. The molecule has 0 amide bonds. The van der Waals surface area contributed by atoms with Crippen molar-refractivity contribution < 1.29 is 9.90 Å². The molecular formula is C8H14CaO2+2. The van der Waals surface area contributed by atoms with E-state index in [0.29, 0.717) is 6.42 Å². The molecule has 0 saturated heterocycles. The van der Waals surface area contributed by atoms with Crippen molar-refractivity contribution in [1.82, 2.24) is 0 Å². The summed E-state index contributed by atoms with van der Waals surface area (Å²) in [4.78, 5) is 10.2. The molecule has 0 heterocycles. The van der Waals surface area contributed by atoms with Crippen LogP contribution in [0.5, 0.6) is 0 Å². The molecule has 0 aliphatic heterocycles. The Morgan fingerprint density at radius 1 is 1.36 bits per heavy atom. The zero-order valence-electron chi connectivity index (χ0n) is 6.88. The maximum absolute atomic E-state index is 10.2. The Morgan fingerprint density at radius 3 is 2.36 bits per heavy atom. The van der Waals surface area contributed by atoms with Gasteiger partial charge in [0.15, 0.2) is 0 Å². The average Bonchev–Trinajstić information content (AvgIpc) is 2.34. The number of carboxylic acids is 1. The molecular weight excluding hydrogens is 168 g/mol. The molecule has 0 bridgehead atoms. The summed E-state index contributed by atoms with van der Waals surface area (Å²) in [6, 6.07) is 0. The van der Waals surface area contributed by atoms with Gasteiger partial charge in [-0.2, -0.15) is 0 Å². The van der Waals surface area contributed by atoms with Gasteiger partial charge in [-0.3, -0.25) is 4.79 Å². The van der Waals surface area contributed by atoms with Gasteiger partial charge < -0.3 is 5.11 Å². The van der Waals surface area contributed by atoms with Crippen molar-refractivity contribution in [1.29, 1.82) is 0 Å². The van der Waals surface area contributed by atoms with Crippen LogP contribution in [0.25, 0.3) is 0 Å². The Hall–Kier alpha value is 0.730. The fraction of sp³-hybridized carbons (Fsp3) is 0.875. The zero-order valence-corrected chi connectivity index (χ0v) is 9.09. The first-order chi connectivity index (χ1) is 4.79. The molecule has 0 aromatic rings. The number of aliphatic carboxylic acids is 1. The molecule has 1 aliphatic rings. The second-order valence-electron chi connectivity index (χ2n) is 3.08. The number of hydrogen-bond donors (Lipinski definition) is 1. The van der Waals surface area contributed by atoms with E-state index < -0.39 is 5.97 Å². The summed E-state index contributed by atoms with van der Waals surface area (Å²) in [6.07, 6.45) is 6.40. The van der Waals surface area contributed by atoms with Crippen LogP contribution in [0.1, 0.15) is 38.5 Å². The van der Waals surface area contributed by atoms with E-state index >= 15 is 0 Å². The predicted molar refractivity (Wildman–Crippen MR) is 44.6 cm³/mol. The molecule has 0 spiro atoms. The minimum absolute atomic E-state index is 0. The van der Waals surface area contributed by atoms with Gasteiger partial charge >= 0.3 is 43.7 Å². The van der Waals surface area contributed by atoms with Crippen LogP contribution in [-0.4, -0.2) is 48.8 Å². The molecule has 0 aromatic carbocycles. The summed E-state index contributed by atoms with van der Waals surface area (Å²) in [5.41, 5.74) is 0. The predicted octanol–water partition coefficient (Wildman–Crippen LogP) is 1.66. The van der Waals surface area contributed by atoms with Gasteiger partial charge in [0.1, 0.15) is 0 Å². The van der Waals surface area contributed by atoms with Crippen LogP contribution >= 0.6 is 0 Å². The summed E-state index contributed by atoms with van der Waals surface area (Å²) in [6.45, 7) is 0. The zero-order chi connectivity index (χ0) is 7.40. The Bertz CT molecular complexity index is 119. The summed E-state index contributed by atoms with van der Waals surface area (Å²) in [5, 5.41) is 8.37. The van der Waals surface area contributed by atoms with E-state index in [0.717, 1.165) is 12.3 Å². The first-order valence-electron chi connectivity index (χ1n) is 4.01. The fourth-order valence-corrected chi connectivity index (χ4v) is 1.63. The molecule has 58 valence electrons. The van der Waals surface area contributed by atoms with Crippen molar-refractivity contribution >= 4 is 43.7 Å². The van der Waals surface area contributed by atoms with Crippen LogP contribution in [0.4, 0.5) is 0 Å². The molecule has 1 rings (SSSR count). The summed E-state index contributed by atoms with van der Waals surface area (Å²) in [7, 11) is 0. The smallest absolute Gasteiger partial charge is 0.481 e. The fourth-order valence-electron chi connectivity index (χ4n) is 1.63. The Kier molecular flexibility index (Phi) is 6.68. The number of rotatable bonds is 3. The van der Waals surface area contributed by atoms with Crippen LogP contribution in [0.15, 0.2) is 0 Å². The van der Waals surface area contributed by atoms with Gasteiger partial charge in [-0.15, -0.1) is 0 Å². The van der Waals surface area contributed by atoms with E-state index in [2.05, 4.69) is 0 Å². The van der Waals surface area contributed by atoms with Crippen LogP contribution in [0, 0.1) is 5.92 Å². The second kappa shape index (κ2) is 6.27. The normalized spacial score (nSPS) is 17.8. The maximum atomic E-state index is 10.2. The van der Waals surface area contributed by atoms with Gasteiger partial charge in [-0.05, 0) is 12.3 Å². The molecule has 11 heavy (non-hydrogen) atoms. The molecule has 0 radical (unpaired) electrons. The van der Waals surface area contributed by atoms with Crippen LogP contribution in [0.2, 0.25) is 0 Å². The molecule has 1 fully saturated rings. The third kappa shape index (κ3) is 5.05. The minimum atomic E-state index is -0.646. The number of hydrogen-bond acceptors (Lipinski definition) is 1. The van der Waals surface area contributed by atoms with Crippen LogP contribution in [0.3, 0.4) is 0 Å². The third-order valence-corrected chi connectivity index (χ3v) is 2.24. The van der Waals surface area contributed by atoms with Gasteiger partial charge in [0, 0.05) is 6.42 Å². The van der Waals surface area contributed by atoms with Gasteiger partial charge in [0.25, 0.3) is 0 Å². The molecule has 2 nitrogen and oxygen atoms in total. The summed E-state index contributed by atoms with van der Waals surface area (Å²) >= 11 is 0. The van der Waals surface area contributed by atoms with Crippen LogP contribution in [-0.2, 0) is 4.79 Å². The SMILES string of the molecule is O=C(O)CCC1CCCC1.[Ca+2]. The van der Waals surface area contributed by atoms with Crippen molar-refractivity contribution in [2.24, 2.45) is 5.92 Å². The van der Waals surface area contributed by atoms with Crippen molar-refractivity contribution in [3.8, 4) is 0 Å². The van der Waals surface area contributed by atoms with E-state index in [-0.39, 0.29) is 37.7 Å². The average molecular weight is 182 g/mol. The Balaban J connectivity index is 0.000001000. The summed E-state index contributed by atoms with van der Waals surface area (Å²) in [5.74, 6) is 0.0722. The van der Waals surface area contributed by atoms with Crippen LogP contribution < -0.4 is 0 Å². The first-order valence-corrected chi connectivity index (χ1v) is 4.01.